The van der Waals surface area contributed by atoms with Crippen LogP contribution in [-0.4, -0.2) is 15.6 Å². The predicted octanol–water partition coefficient (Wildman–Crippen LogP) is 4.14. The van der Waals surface area contributed by atoms with Gasteiger partial charge in [0.15, 0.2) is 0 Å². The molecule has 0 unspecified atom stereocenters. The Balaban J connectivity index is 0.000000921. The van der Waals surface area contributed by atoms with Gasteiger partial charge in [-0.1, -0.05) is 37.8 Å². The highest BCUT2D eigenvalue weighted by atomic mass is 17.0. The van der Waals surface area contributed by atoms with E-state index in [1.54, 1.807) is 0 Å². The normalized spacial score (nSPS) is 18.9. The van der Waals surface area contributed by atoms with Crippen molar-refractivity contribution in [1.29, 1.82) is 0 Å². The van der Waals surface area contributed by atoms with Crippen LogP contribution in [0.5, 0.6) is 0 Å². The molecule has 0 saturated carbocycles. The molecule has 15 heavy (non-hydrogen) atoms. The van der Waals surface area contributed by atoms with Crippen LogP contribution in [0.15, 0.2) is 24.0 Å². The lowest BCUT2D eigenvalue weighted by Crippen LogP contribution is -1.85. The SMILES string of the molecule is OC1=CC=CCCCCCCCC1.OO. The Bertz CT molecular complexity index is 185. The van der Waals surface area contributed by atoms with Gasteiger partial charge in [-0.05, 0) is 25.3 Å². The first-order chi connectivity index (χ1) is 7.39. The van der Waals surface area contributed by atoms with Crippen molar-refractivity contribution in [3.05, 3.63) is 24.0 Å². The van der Waals surface area contributed by atoms with E-state index in [0.29, 0.717) is 5.76 Å². The molecule has 0 bridgehead atoms. The highest BCUT2D eigenvalue weighted by molar-refractivity contribution is 5.06. The van der Waals surface area contributed by atoms with E-state index in [-0.39, 0.29) is 0 Å². The quantitative estimate of drug-likeness (QED) is 0.419. The zero-order valence-electron chi connectivity index (χ0n) is 9.23. The molecule has 3 heteroatoms. The van der Waals surface area contributed by atoms with Crippen LogP contribution in [0.2, 0.25) is 0 Å². The van der Waals surface area contributed by atoms with Gasteiger partial charge in [-0.15, -0.1) is 0 Å². The maximum absolute atomic E-state index is 9.40. The minimum absolute atomic E-state index is 0.539. The minimum atomic E-state index is 0.539. The fourth-order valence-electron chi connectivity index (χ4n) is 1.63. The molecule has 0 aromatic heterocycles. The van der Waals surface area contributed by atoms with Gasteiger partial charge in [-0.25, -0.2) is 0 Å². The molecule has 0 heterocycles. The molecule has 88 valence electrons. The molecule has 0 saturated heterocycles. The van der Waals surface area contributed by atoms with Gasteiger partial charge in [-0.3, -0.25) is 10.5 Å². The van der Waals surface area contributed by atoms with Crippen molar-refractivity contribution in [2.24, 2.45) is 0 Å². The topological polar surface area (TPSA) is 60.7 Å². The highest BCUT2D eigenvalue weighted by Crippen LogP contribution is 2.12. The van der Waals surface area contributed by atoms with Gasteiger partial charge in [-0.2, -0.15) is 0 Å². The van der Waals surface area contributed by atoms with Gasteiger partial charge in [0.05, 0.1) is 5.76 Å². The summed E-state index contributed by atoms with van der Waals surface area (Å²) in [5.41, 5.74) is 0. The molecule has 0 amide bonds. The summed E-state index contributed by atoms with van der Waals surface area (Å²) in [4.78, 5) is 0. The van der Waals surface area contributed by atoms with E-state index in [1.807, 2.05) is 12.2 Å². The zero-order chi connectivity index (χ0) is 11.4. The Morgan fingerprint density at radius 2 is 1.47 bits per heavy atom. The molecule has 0 spiro atoms. The number of allylic oxidation sites excluding steroid dienone is 4. The number of aliphatic hydroxyl groups excluding tert-OH is 1. The van der Waals surface area contributed by atoms with E-state index >= 15 is 0 Å². The largest absolute Gasteiger partial charge is 0.512 e. The van der Waals surface area contributed by atoms with E-state index in [4.69, 9.17) is 10.5 Å². The second-order valence-electron chi connectivity index (χ2n) is 3.75. The molecule has 0 aliphatic heterocycles. The second-order valence-corrected chi connectivity index (χ2v) is 3.75. The second kappa shape index (κ2) is 11.3. The number of aliphatic hydroxyl groups is 1. The Morgan fingerprint density at radius 1 is 0.867 bits per heavy atom. The molecular formula is C12H22O3. The van der Waals surface area contributed by atoms with Gasteiger partial charge in [0.25, 0.3) is 0 Å². The van der Waals surface area contributed by atoms with Crippen molar-refractivity contribution < 1.29 is 15.6 Å². The molecular weight excluding hydrogens is 192 g/mol. The van der Waals surface area contributed by atoms with Crippen LogP contribution in [-0.2, 0) is 0 Å². The summed E-state index contributed by atoms with van der Waals surface area (Å²) in [5.74, 6) is 0.539. The average Bonchev–Trinajstić information content (AvgIpc) is 2.26. The van der Waals surface area contributed by atoms with Crippen LogP contribution < -0.4 is 0 Å². The standard InChI is InChI=1S/C12H20O.H2O2/c13-12-10-8-6-4-2-1-3-5-7-9-11-12;1-2/h6,8,10,13H,1-5,7,9,11H2;1-2H. The molecule has 0 radical (unpaired) electrons. The first kappa shape index (κ1) is 14.2. The lowest BCUT2D eigenvalue weighted by atomic mass is 10.1. The molecule has 1 rings (SSSR count). The molecule has 0 fully saturated rings. The Hall–Kier alpha value is -0.800. The molecule has 1 aliphatic carbocycles. The monoisotopic (exact) mass is 214 g/mol. The van der Waals surface area contributed by atoms with Gasteiger partial charge in [0, 0.05) is 6.42 Å². The third-order valence-electron chi connectivity index (χ3n) is 2.48. The first-order valence-electron chi connectivity index (χ1n) is 5.64. The molecule has 3 nitrogen and oxygen atoms in total. The van der Waals surface area contributed by atoms with Crippen LogP contribution in [0.25, 0.3) is 0 Å². The van der Waals surface area contributed by atoms with Crippen LogP contribution in [0.4, 0.5) is 0 Å². The van der Waals surface area contributed by atoms with Crippen LogP contribution in [0.3, 0.4) is 0 Å². The van der Waals surface area contributed by atoms with Crippen LogP contribution in [0, 0.1) is 0 Å². The third kappa shape index (κ3) is 9.50. The molecule has 0 aromatic carbocycles. The lowest BCUT2D eigenvalue weighted by molar-refractivity contribution is -0.176. The van der Waals surface area contributed by atoms with Gasteiger partial charge >= 0.3 is 0 Å². The number of hydrogen-bond acceptors (Lipinski definition) is 3. The summed E-state index contributed by atoms with van der Waals surface area (Å²) in [6.45, 7) is 0. The van der Waals surface area contributed by atoms with Crippen molar-refractivity contribution in [1.82, 2.24) is 0 Å². The number of rotatable bonds is 0. The van der Waals surface area contributed by atoms with Gasteiger partial charge in [0.1, 0.15) is 0 Å². The van der Waals surface area contributed by atoms with Crippen LogP contribution in [0.1, 0.15) is 51.4 Å². The molecule has 3 N–H and O–H groups in total. The fraction of sp³-hybridized carbons (Fsp3) is 0.667. The zero-order valence-corrected chi connectivity index (χ0v) is 9.23. The van der Waals surface area contributed by atoms with Crippen molar-refractivity contribution in [3.63, 3.8) is 0 Å². The third-order valence-corrected chi connectivity index (χ3v) is 2.48. The van der Waals surface area contributed by atoms with E-state index in [2.05, 4.69) is 6.08 Å². The summed E-state index contributed by atoms with van der Waals surface area (Å²) in [7, 11) is 0. The molecule has 1 aliphatic rings. The maximum atomic E-state index is 9.40. The molecule has 0 atom stereocenters. The van der Waals surface area contributed by atoms with Crippen molar-refractivity contribution in [3.8, 4) is 0 Å². The predicted molar refractivity (Wildman–Crippen MR) is 62.0 cm³/mol. The average molecular weight is 214 g/mol. The molecule has 0 aromatic rings. The fourth-order valence-corrected chi connectivity index (χ4v) is 1.63. The van der Waals surface area contributed by atoms with E-state index in [9.17, 15) is 5.11 Å². The summed E-state index contributed by atoms with van der Waals surface area (Å²) in [6.07, 6.45) is 15.7. The van der Waals surface area contributed by atoms with Gasteiger partial charge < -0.3 is 5.11 Å². The summed E-state index contributed by atoms with van der Waals surface area (Å²) in [6, 6.07) is 0. The maximum Gasteiger partial charge on any atom is 0.0922 e. The van der Waals surface area contributed by atoms with Crippen LogP contribution >= 0.6 is 0 Å². The van der Waals surface area contributed by atoms with E-state index in [0.717, 1.165) is 19.3 Å². The summed E-state index contributed by atoms with van der Waals surface area (Å²) >= 11 is 0. The Labute approximate surface area is 91.7 Å². The Kier molecular flexibility index (Phi) is 10.7. The first-order valence-corrected chi connectivity index (χ1v) is 5.64. The lowest BCUT2D eigenvalue weighted by Gasteiger charge is -2.02. The van der Waals surface area contributed by atoms with Crippen molar-refractivity contribution >= 4 is 0 Å². The van der Waals surface area contributed by atoms with Gasteiger partial charge in [0.2, 0.25) is 0 Å². The smallest absolute Gasteiger partial charge is 0.0922 e. The van der Waals surface area contributed by atoms with Crippen molar-refractivity contribution in [2.75, 3.05) is 0 Å². The summed E-state index contributed by atoms with van der Waals surface area (Å²) < 4.78 is 0. The van der Waals surface area contributed by atoms with E-state index in [1.165, 1.54) is 32.1 Å². The highest BCUT2D eigenvalue weighted by Gasteiger charge is 1.95. The van der Waals surface area contributed by atoms with E-state index < -0.39 is 0 Å². The number of hydrogen-bond donors (Lipinski definition) is 3. The summed E-state index contributed by atoms with van der Waals surface area (Å²) in [5, 5.41) is 21.4. The Morgan fingerprint density at radius 3 is 2.20 bits per heavy atom. The minimum Gasteiger partial charge on any atom is -0.512 e. The van der Waals surface area contributed by atoms with Crippen molar-refractivity contribution in [2.45, 2.75) is 51.4 Å².